The van der Waals surface area contributed by atoms with Crippen LogP contribution in [0.4, 0.5) is 13.2 Å². The number of alkyl halides is 3. The predicted molar refractivity (Wildman–Crippen MR) is 99.8 cm³/mol. The molecule has 1 aromatic carbocycles. The van der Waals surface area contributed by atoms with Gasteiger partial charge in [0.05, 0.1) is 5.56 Å². The molecule has 2 atom stereocenters. The van der Waals surface area contributed by atoms with E-state index in [2.05, 4.69) is 14.9 Å². The minimum atomic E-state index is -4.26. The zero-order chi connectivity index (χ0) is 19.1. The highest BCUT2D eigenvalue weighted by Crippen LogP contribution is 2.59. The molecule has 0 unspecified atom stereocenters. The number of hydrogen-bond acceptors (Lipinski definition) is 4. The molecule has 2 aliphatic rings. The Labute approximate surface area is 161 Å². The molecule has 2 heterocycles. The molecule has 0 spiro atoms. The first-order valence-electron chi connectivity index (χ1n) is 9.19. The van der Waals surface area contributed by atoms with Crippen molar-refractivity contribution in [2.24, 2.45) is 5.92 Å². The quantitative estimate of drug-likeness (QED) is 0.409. The van der Waals surface area contributed by atoms with Crippen LogP contribution in [0.5, 0.6) is 0 Å². The molecule has 1 saturated heterocycles. The molecule has 0 radical (unpaired) electrons. The molecule has 7 heteroatoms. The highest BCUT2D eigenvalue weighted by atomic mass is 32.2. The molecular weight excluding hydrogens is 371 g/mol. The zero-order valence-corrected chi connectivity index (χ0v) is 16.0. The van der Waals surface area contributed by atoms with Gasteiger partial charge in [-0.3, -0.25) is 0 Å². The summed E-state index contributed by atoms with van der Waals surface area (Å²) in [6, 6.07) is 7.69. The van der Waals surface area contributed by atoms with Gasteiger partial charge in [-0.25, -0.2) is 9.97 Å². The van der Waals surface area contributed by atoms with E-state index in [1.54, 1.807) is 30.1 Å². The highest BCUT2D eigenvalue weighted by molar-refractivity contribution is 7.99. The largest absolute Gasteiger partial charge is 0.416 e. The predicted octanol–water partition coefficient (Wildman–Crippen LogP) is 4.56. The van der Waals surface area contributed by atoms with Crippen LogP contribution in [0.3, 0.4) is 0 Å². The summed E-state index contributed by atoms with van der Waals surface area (Å²) in [5.74, 6) is 1.56. The molecule has 2 aromatic rings. The second kappa shape index (κ2) is 7.09. The molecule has 1 saturated carbocycles. The minimum absolute atomic E-state index is 0.0803. The van der Waals surface area contributed by atoms with Gasteiger partial charge in [0.25, 0.3) is 0 Å². The van der Waals surface area contributed by atoms with Crippen LogP contribution in [0.2, 0.25) is 0 Å². The molecule has 1 aliphatic carbocycles. The standard InChI is InChI=1S/C20H22F3N3S/c1-14-7-8-24-18(25-14)27-10-2-9-26-12-17-11-19(17,13-26)15-3-5-16(6-4-15)20(21,22)23/h3-8,17H,2,9-13H2,1H3/t17-,19+/m0/s1. The summed E-state index contributed by atoms with van der Waals surface area (Å²) in [5.41, 5.74) is 1.55. The Hall–Kier alpha value is -1.60. The topological polar surface area (TPSA) is 29.0 Å². The van der Waals surface area contributed by atoms with Crippen molar-refractivity contribution in [2.75, 3.05) is 25.4 Å². The number of piperidine rings is 1. The van der Waals surface area contributed by atoms with Crippen molar-refractivity contribution in [3.05, 3.63) is 53.3 Å². The SMILES string of the molecule is Cc1ccnc(SCCCN2C[C@@H]3C[C@]3(c3ccc(C(F)(F)F)cc3)C2)n1. The van der Waals surface area contributed by atoms with Crippen LogP contribution in [-0.4, -0.2) is 40.3 Å². The van der Waals surface area contributed by atoms with Crippen LogP contribution in [0, 0.1) is 12.8 Å². The molecule has 2 fully saturated rings. The smallest absolute Gasteiger partial charge is 0.302 e. The molecule has 0 bridgehead atoms. The van der Waals surface area contributed by atoms with Gasteiger partial charge in [0.1, 0.15) is 0 Å². The van der Waals surface area contributed by atoms with E-state index >= 15 is 0 Å². The molecule has 3 nitrogen and oxygen atoms in total. The van der Waals surface area contributed by atoms with Gasteiger partial charge in [-0.05, 0) is 56.0 Å². The summed E-state index contributed by atoms with van der Waals surface area (Å²) in [6.45, 7) is 4.97. The lowest BCUT2D eigenvalue weighted by Crippen LogP contribution is -2.28. The van der Waals surface area contributed by atoms with Crippen molar-refractivity contribution >= 4 is 11.8 Å². The fraction of sp³-hybridized carbons (Fsp3) is 0.500. The van der Waals surface area contributed by atoms with Gasteiger partial charge in [0.15, 0.2) is 5.16 Å². The van der Waals surface area contributed by atoms with Gasteiger partial charge in [0.2, 0.25) is 0 Å². The van der Waals surface area contributed by atoms with E-state index in [9.17, 15) is 13.2 Å². The molecule has 4 rings (SSSR count). The van der Waals surface area contributed by atoms with Crippen LogP contribution in [0.1, 0.15) is 29.7 Å². The number of likely N-dealkylation sites (tertiary alicyclic amines) is 1. The summed E-state index contributed by atoms with van der Waals surface area (Å²) < 4.78 is 38.3. The van der Waals surface area contributed by atoms with Gasteiger partial charge in [-0.15, -0.1) is 0 Å². The maximum atomic E-state index is 12.8. The van der Waals surface area contributed by atoms with E-state index in [-0.39, 0.29) is 5.41 Å². The normalized spacial score (nSPS) is 24.8. The molecule has 1 aliphatic heterocycles. The first-order valence-corrected chi connectivity index (χ1v) is 10.2. The lowest BCUT2D eigenvalue weighted by molar-refractivity contribution is -0.137. The number of benzene rings is 1. The van der Waals surface area contributed by atoms with Crippen molar-refractivity contribution in [1.29, 1.82) is 0 Å². The Morgan fingerprint density at radius 2 is 2.00 bits per heavy atom. The second-order valence-electron chi connectivity index (χ2n) is 7.55. The van der Waals surface area contributed by atoms with Crippen molar-refractivity contribution < 1.29 is 13.2 Å². The lowest BCUT2D eigenvalue weighted by Gasteiger charge is -2.21. The molecule has 0 N–H and O–H groups in total. The van der Waals surface area contributed by atoms with E-state index in [0.29, 0.717) is 5.92 Å². The van der Waals surface area contributed by atoms with Crippen molar-refractivity contribution in [1.82, 2.24) is 14.9 Å². The Balaban J connectivity index is 1.28. The fourth-order valence-electron chi connectivity index (χ4n) is 4.14. The maximum absolute atomic E-state index is 12.8. The van der Waals surface area contributed by atoms with Crippen LogP contribution in [0.25, 0.3) is 0 Å². The highest BCUT2D eigenvalue weighted by Gasteiger charge is 2.60. The molecule has 1 aromatic heterocycles. The maximum Gasteiger partial charge on any atom is 0.416 e. The Bertz CT molecular complexity index is 809. The van der Waals surface area contributed by atoms with E-state index in [0.717, 1.165) is 54.6 Å². The first kappa shape index (κ1) is 18.7. The molecule has 144 valence electrons. The Morgan fingerprint density at radius 3 is 2.70 bits per heavy atom. The van der Waals surface area contributed by atoms with Gasteiger partial charge >= 0.3 is 6.18 Å². The number of thioether (sulfide) groups is 1. The number of aryl methyl sites for hydroxylation is 1. The number of fused-ring (bicyclic) bond motifs is 1. The lowest BCUT2D eigenvalue weighted by atomic mass is 9.94. The number of rotatable bonds is 6. The molecule has 27 heavy (non-hydrogen) atoms. The van der Waals surface area contributed by atoms with E-state index in [1.165, 1.54) is 12.1 Å². The number of hydrogen-bond donors (Lipinski definition) is 0. The van der Waals surface area contributed by atoms with Crippen LogP contribution >= 0.6 is 11.8 Å². The second-order valence-corrected chi connectivity index (χ2v) is 8.61. The summed E-state index contributed by atoms with van der Waals surface area (Å²) in [5, 5.41) is 0.820. The van der Waals surface area contributed by atoms with Crippen LogP contribution < -0.4 is 0 Å². The average Bonchev–Trinajstić information content (AvgIpc) is 3.20. The fourth-order valence-corrected chi connectivity index (χ4v) is 4.94. The third-order valence-corrected chi connectivity index (χ3v) is 6.57. The number of halogens is 3. The van der Waals surface area contributed by atoms with Gasteiger partial charge in [-0.1, -0.05) is 23.9 Å². The number of nitrogens with zero attached hydrogens (tertiary/aromatic N) is 3. The summed E-state index contributed by atoms with van der Waals surface area (Å²) in [4.78, 5) is 11.1. The number of aromatic nitrogens is 2. The minimum Gasteiger partial charge on any atom is -0.302 e. The van der Waals surface area contributed by atoms with Crippen molar-refractivity contribution in [3.8, 4) is 0 Å². The van der Waals surface area contributed by atoms with Gasteiger partial charge < -0.3 is 4.90 Å². The van der Waals surface area contributed by atoms with Crippen LogP contribution in [0.15, 0.2) is 41.7 Å². The third-order valence-electron chi connectivity index (χ3n) is 5.63. The zero-order valence-electron chi connectivity index (χ0n) is 15.2. The Morgan fingerprint density at radius 1 is 1.22 bits per heavy atom. The van der Waals surface area contributed by atoms with E-state index < -0.39 is 11.7 Å². The van der Waals surface area contributed by atoms with Crippen molar-refractivity contribution in [2.45, 2.75) is 36.5 Å². The van der Waals surface area contributed by atoms with Crippen LogP contribution in [-0.2, 0) is 11.6 Å². The van der Waals surface area contributed by atoms with Crippen molar-refractivity contribution in [3.63, 3.8) is 0 Å². The summed E-state index contributed by atoms with van der Waals surface area (Å²) in [7, 11) is 0. The third kappa shape index (κ3) is 3.99. The summed E-state index contributed by atoms with van der Waals surface area (Å²) in [6.07, 6.45) is -0.329. The summed E-state index contributed by atoms with van der Waals surface area (Å²) >= 11 is 1.67. The molecule has 0 amide bonds. The first-order chi connectivity index (χ1) is 12.9. The molecular formula is C20H22F3N3S. The van der Waals surface area contributed by atoms with Gasteiger partial charge in [-0.2, -0.15) is 13.2 Å². The Kier molecular flexibility index (Phi) is 4.93. The van der Waals surface area contributed by atoms with E-state index in [1.807, 2.05) is 13.0 Å². The van der Waals surface area contributed by atoms with E-state index in [4.69, 9.17) is 0 Å². The van der Waals surface area contributed by atoms with Gasteiger partial charge in [0, 0.05) is 36.1 Å². The monoisotopic (exact) mass is 393 g/mol. The average molecular weight is 393 g/mol.